The number of nitrogens with zero attached hydrogens (tertiary/aromatic N) is 1. The molecular weight excluding hydrogens is 320 g/mol. The monoisotopic (exact) mass is 334 g/mol. The summed E-state index contributed by atoms with van der Waals surface area (Å²) in [4.78, 5) is 39.6. The molecular formula is C19H14N2O4. The fourth-order valence-corrected chi connectivity index (χ4v) is 4.19. The first kappa shape index (κ1) is 14.4. The van der Waals surface area contributed by atoms with E-state index in [2.05, 4.69) is 5.32 Å². The van der Waals surface area contributed by atoms with E-state index in [4.69, 9.17) is 4.74 Å². The van der Waals surface area contributed by atoms with Crippen LogP contribution < -0.4 is 10.2 Å². The first-order chi connectivity index (χ1) is 12.1. The van der Waals surface area contributed by atoms with Gasteiger partial charge in [0.05, 0.1) is 11.6 Å². The first-order valence-electron chi connectivity index (χ1n) is 8.12. The van der Waals surface area contributed by atoms with Gasteiger partial charge in [-0.1, -0.05) is 48.5 Å². The summed E-state index contributed by atoms with van der Waals surface area (Å²) in [7, 11) is 0. The van der Waals surface area contributed by atoms with Gasteiger partial charge in [0.15, 0.2) is 11.8 Å². The van der Waals surface area contributed by atoms with Crippen LogP contribution in [0.1, 0.15) is 5.56 Å². The Kier molecular flexibility index (Phi) is 2.74. The third kappa shape index (κ3) is 1.69. The number of rotatable bonds is 2. The molecule has 6 nitrogen and oxygen atoms in total. The third-order valence-corrected chi connectivity index (χ3v) is 5.21. The van der Waals surface area contributed by atoms with Gasteiger partial charge in [0, 0.05) is 5.56 Å². The third-order valence-electron chi connectivity index (χ3n) is 5.21. The second-order valence-corrected chi connectivity index (χ2v) is 6.48. The molecule has 3 fully saturated rings. The number of anilines is 1. The van der Waals surface area contributed by atoms with Gasteiger partial charge in [-0.25, -0.2) is 4.90 Å². The number of ether oxygens (including phenoxy) is 1. The van der Waals surface area contributed by atoms with E-state index < -0.39 is 23.7 Å². The highest BCUT2D eigenvalue weighted by molar-refractivity contribution is 6.24. The van der Waals surface area contributed by atoms with Gasteiger partial charge in [0.1, 0.15) is 5.92 Å². The van der Waals surface area contributed by atoms with E-state index in [-0.39, 0.29) is 17.7 Å². The quantitative estimate of drug-likeness (QED) is 0.837. The van der Waals surface area contributed by atoms with Crippen molar-refractivity contribution in [2.45, 2.75) is 11.8 Å². The van der Waals surface area contributed by atoms with E-state index in [9.17, 15) is 14.4 Å². The highest BCUT2D eigenvalue weighted by atomic mass is 16.6. The standard InChI is InChI=1S/C19H14N2O4/c22-16-15-13-14(19(20-16,25-15)11-7-3-1-4-8-11)18(24)21(17(13)23)12-9-5-2-6-10-12/h1-10,13-15H,(H,20,22)/t13-,14-,15-,19+/m1/s1. The molecule has 0 spiro atoms. The highest BCUT2D eigenvalue weighted by Crippen LogP contribution is 2.54. The molecule has 6 heteroatoms. The van der Waals surface area contributed by atoms with Crippen molar-refractivity contribution < 1.29 is 19.1 Å². The number of para-hydroxylation sites is 1. The van der Waals surface area contributed by atoms with Gasteiger partial charge in [-0.15, -0.1) is 0 Å². The minimum Gasteiger partial charge on any atom is -0.337 e. The van der Waals surface area contributed by atoms with Gasteiger partial charge in [0.25, 0.3) is 5.91 Å². The van der Waals surface area contributed by atoms with E-state index in [0.29, 0.717) is 11.3 Å². The van der Waals surface area contributed by atoms with Crippen molar-refractivity contribution in [2.75, 3.05) is 4.90 Å². The Morgan fingerprint density at radius 3 is 2.20 bits per heavy atom. The van der Waals surface area contributed by atoms with Gasteiger partial charge >= 0.3 is 0 Å². The number of nitrogens with one attached hydrogen (secondary N) is 1. The number of hydrogen-bond donors (Lipinski definition) is 1. The summed E-state index contributed by atoms with van der Waals surface area (Å²) in [6.07, 6.45) is -0.935. The Labute approximate surface area is 143 Å². The SMILES string of the molecule is O=C1N[C@@]2(c3ccccc3)O[C@@H]1[C@@H]1C(=O)N(c3ccccc3)C(=O)[C@@H]12. The van der Waals surface area contributed by atoms with E-state index in [1.807, 2.05) is 24.3 Å². The molecule has 2 aromatic rings. The zero-order valence-electron chi connectivity index (χ0n) is 13.1. The smallest absolute Gasteiger partial charge is 0.252 e. The van der Waals surface area contributed by atoms with Crippen LogP contribution in [0.3, 0.4) is 0 Å². The topological polar surface area (TPSA) is 75.7 Å². The summed E-state index contributed by atoms with van der Waals surface area (Å²) < 4.78 is 5.92. The van der Waals surface area contributed by atoms with Crippen LogP contribution in [-0.4, -0.2) is 23.8 Å². The maximum atomic E-state index is 13.1. The lowest BCUT2D eigenvalue weighted by molar-refractivity contribution is -0.131. The van der Waals surface area contributed by atoms with Gasteiger partial charge in [-0.2, -0.15) is 0 Å². The van der Waals surface area contributed by atoms with Gasteiger partial charge in [-0.05, 0) is 12.1 Å². The summed E-state index contributed by atoms with van der Waals surface area (Å²) in [5.41, 5.74) is -0.0828. The number of hydrogen-bond acceptors (Lipinski definition) is 4. The second kappa shape index (κ2) is 4.77. The molecule has 2 bridgehead atoms. The second-order valence-electron chi connectivity index (χ2n) is 6.48. The Bertz CT molecular complexity index is 898. The minimum atomic E-state index is -1.27. The maximum absolute atomic E-state index is 13.1. The molecule has 2 aromatic carbocycles. The molecule has 3 aliphatic heterocycles. The number of carbonyl (C=O) groups excluding carboxylic acids is 3. The lowest BCUT2D eigenvalue weighted by atomic mass is 9.79. The van der Waals surface area contributed by atoms with Crippen LogP contribution in [0, 0.1) is 11.8 Å². The Hall–Kier alpha value is -2.99. The van der Waals surface area contributed by atoms with E-state index >= 15 is 0 Å². The molecule has 5 rings (SSSR count). The molecule has 0 aromatic heterocycles. The van der Waals surface area contributed by atoms with Crippen molar-refractivity contribution in [3.63, 3.8) is 0 Å². The van der Waals surface area contributed by atoms with E-state index in [0.717, 1.165) is 0 Å². The molecule has 3 saturated heterocycles. The molecule has 124 valence electrons. The zero-order valence-corrected chi connectivity index (χ0v) is 13.1. The van der Waals surface area contributed by atoms with E-state index in [1.165, 1.54) is 4.90 Å². The van der Waals surface area contributed by atoms with Crippen LogP contribution in [0.25, 0.3) is 0 Å². The fraction of sp³-hybridized carbons (Fsp3) is 0.211. The van der Waals surface area contributed by atoms with Gasteiger partial charge in [0.2, 0.25) is 11.8 Å². The molecule has 3 heterocycles. The molecule has 0 unspecified atom stereocenters. The van der Waals surface area contributed by atoms with Crippen molar-refractivity contribution in [3.05, 3.63) is 66.2 Å². The number of amides is 3. The summed E-state index contributed by atoms with van der Waals surface area (Å²) in [5, 5.41) is 2.82. The van der Waals surface area contributed by atoms with Crippen LogP contribution >= 0.6 is 0 Å². The normalized spacial score (nSPS) is 32.9. The number of carbonyl (C=O) groups is 3. The average Bonchev–Trinajstić information content (AvgIpc) is 3.25. The first-order valence-corrected chi connectivity index (χ1v) is 8.12. The molecule has 0 saturated carbocycles. The van der Waals surface area contributed by atoms with Gasteiger partial charge in [-0.3, -0.25) is 14.4 Å². The summed E-state index contributed by atoms with van der Waals surface area (Å²) in [6.45, 7) is 0. The molecule has 3 aliphatic rings. The van der Waals surface area contributed by atoms with Crippen molar-refractivity contribution in [1.29, 1.82) is 0 Å². The maximum Gasteiger partial charge on any atom is 0.252 e. The Morgan fingerprint density at radius 1 is 0.880 bits per heavy atom. The predicted molar refractivity (Wildman–Crippen MR) is 87.1 cm³/mol. The molecule has 0 radical (unpaired) electrons. The summed E-state index contributed by atoms with van der Waals surface area (Å²) in [5.74, 6) is -2.61. The molecule has 25 heavy (non-hydrogen) atoms. The highest BCUT2D eigenvalue weighted by Gasteiger charge is 2.73. The summed E-state index contributed by atoms with van der Waals surface area (Å²) >= 11 is 0. The predicted octanol–water partition coefficient (Wildman–Crippen LogP) is 1.17. The van der Waals surface area contributed by atoms with E-state index in [1.54, 1.807) is 36.4 Å². The number of benzene rings is 2. The van der Waals surface area contributed by atoms with Crippen LogP contribution in [0.5, 0.6) is 0 Å². The lowest BCUT2D eigenvalue weighted by Gasteiger charge is -2.31. The van der Waals surface area contributed by atoms with Crippen LogP contribution in [0.2, 0.25) is 0 Å². The number of imide groups is 1. The van der Waals surface area contributed by atoms with Crippen LogP contribution in [-0.2, 0) is 24.8 Å². The fourth-order valence-electron chi connectivity index (χ4n) is 4.19. The lowest BCUT2D eigenvalue weighted by Crippen LogP contribution is -2.53. The number of fused-ring (bicyclic) bond motifs is 5. The van der Waals surface area contributed by atoms with Crippen molar-refractivity contribution in [3.8, 4) is 0 Å². The van der Waals surface area contributed by atoms with Crippen molar-refractivity contribution >= 4 is 23.4 Å². The Morgan fingerprint density at radius 2 is 1.52 bits per heavy atom. The minimum absolute atomic E-state index is 0.340. The molecule has 1 N–H and O–H groups in total. The zero-order chi connectivity index (χ0) is 17.2. The molecule has 3 amide bonds. The Balaban J connectivity index is 1.65. The number of piperidine rings is 1. The van der Waals surface area contributed by atoms with Gasteiger partial charge < -0.3 is 10.1 Å². The van der Waals surface area contributed by atoms with Crippen molar-refractivity contribution in [1.82, 2.24) is 5.32 Å². The largest absolute Gasteiger partial charge is 0.337 e. The molecule has 0 aliphatic carbocycles. The summed E-state index contributed by atoms with van der Waals surface area (Å²) in [6, 6.07) is 17.9. The molecule has 4 atom stereocenters. The van der Waals surface area contributed by atoms with Crippen LogP contribution in [0.15, 0.2) is 60.7 Å². The van der Waals surface area contributed by atoms with Crippen molar-refractivity contribution in [2.24, 2.45) is 11.8 Å². The van der Waals surface area contributed by atoms with Crippen LogP contribution in [0.4, 0.5) is 5.69 Å². The average molecular weight is 334 g/mol.